The van der Waals surface area contributed by atoms with Crippen LogP contribution in [-0.4, -0.2) is 40.5 Å². The van der Waals surface area contributed by atoms with Crippen LogP contribution in [0.2, 0.25) is 0 Å². The Bertz CT molecular complexity index is 424. The Morgan fingerprint density at radius 3 is 2.00 bits per heavy atom. The zero-order chi connectivity index (χ0) is 19.2. The minimum Gasteiger partial charge on any atom is -0.458 e. The molecule has 0 spiro atoms. The molecule has 0 aliphatic carbocycles. The molecule has 0 aromatic rings. The van der Waals surface area contributed by atoms with Crippen LogP contribution in [0.1, 0.15) is 97.3 Å². The zero-order valence-electron chi connectivity index (χ0n) is 16.6. The number of carbonyl (C=O) groups is 1. The summed E-state index contributed by atoms with van der Waals surface area (Å²) in [7, 11) is 0. The van der Waals surface area contributed by atoms with Gasteiger partial charge in [0.15, 0.2) is 6.10 Å². The predicted octanol–water partition coefficient (Wildman–Crippen LogP) is 4.27. The lowest BCUT2D eigenvalue weighted by Gasteiger charge is -2.14. The third-order valence-corrected chi connectivity index (χ3v) is 4.89. The quantitative estimate of drug-likeness (QED) is 0.264. The van der Waals surface area contributed by atoms with Gasteiger partial charge in [-0.1, -0.05) is 84.0 Å². The maximum absolute atomic E-state index is 11.6. The van der Waals surface area contributed by atoms with Gasteiger partial charge in [0.1, 0.15) is 6.10 Å². The van der Waals surface area contributed by atoms with E-state index in [1.54, 1.807) is 6.92 Å². The molecule has 0 aromatic heterocycles. The molecule has 0 radical (unpaired) electrons. The van der Waals surface area contributed by atoms with Crippen LogP contribution in [0.25, 0.3) is 0 Å². The SMILES string of the molecule is CCCCCCCCCCCCCCC1O[N+]([O-])=C(C(=O)OCC)C1O. The van der Waals surface area contributed by atoms with Crippen LogP contribution in [0.3, 0.4) is 0 Å². The van der Waals surface area contributed by atoms with Gasteiger partial charge in [-0.2, -0.15) is 0 Å². The lowest BCUT2D eigenvalue weighted by Crippen LogP contribution is -2.35. The Morgan fingerprint density at radius 1 is 1.00 bits per heavy atom. The lowest BCUT2D eigenvalue weighted by molar-refractivity contribution is -0.740. The molecule has 152 valence electrons. The molecule has 0 amide bonds. The highest BCUT2D eigenvalue weighted by Crippen LogP contribution is 2.19. The normalized spacial score (nSPS) is 19.7. The Labute approximate surface area is 158 Å². The van der Waals surface area contributed by atoms with E-state index in [1.807, 2.05) is 0 Å². The molecule has 0 bridgehead atoms. The molecular weight excluding hydrogens is 334 g/mol. The highest BCUT2D eigenvalue weighted by molar-refractivity contribution is 6.36. The second-order valence-corrected chi connectivity index (χ2v) is 7.13. The number of aliphatic hydroxyl groups excluding tert-OH is 1. The predicted molar refractivity (Wildman–Crippen MR) is 102 cm³/mol. The number of hydrogen-bond acceptors (Lipinski definition) is 5. The summed E-state index contributed by atoms with van der Waals surface area (Å²) in [6.07, 6.45) is 13.8. The molecule has 1 aliphatic heterocycles. The summed E-state index contributed by atoms with van der Waals surface area (Å²) in [5.41, 5.74) is -0.337. The van der Waals surface area contributed by atoms with Crippen molar-refractivity contribution in [3.05, 3.63) is 5.21 Å². The molecule has 2 unspecified atom stereocenters. The van der Waals surface area contributed by atoms with Gasteiger partial charge in [-0.15, -0.1) is 0 Å². The third-order valence-electron chi connectivity index (χ3n) is 4.89. The summed E-state index contributed by atoms with van der Waals surface area (Å²) >= 11 is 0. The molecule has 0 aromatic carbocycles. The molecule has 1 aliphatic rings. The monoisotopic (exact) mass is 371 g/mol. The maximum atomic E-state index is 11.6. The van der Waals surface area contributed by atoms with Gasteiger partial charge in [-0.3, -0.25) is 5.21 Å². The molecule has 26 heavy (non-hydrogen) atoms. The van der Waals surface area contributed by atoms with E-state index in [4.69, 9.17) is 9.57 Å². The standard InChI is InChI=1S/C20H37NO5/c1-3-5-6-7-8-9-10-11-12-13-14-15-16-17-19(22)18(21(24)26-17)20(23)25-4-2/h17,19,22H,3-16H2,1-2H3. The highest BCUT2D eigenvalue weighted by Gasteiger charge is 2.44. The molecule has 0 fully saturated rings. The third kappa shape index (κ3) is 8.39. The van der Waals surface area contributed by atoms with E-state index in [0.717, 1.165) is 19.3 Å². The van der Waals surface area contributed by atoms with Crippen LogP contribution in [0.15, 0.2) is 0 Å². The Kier molecular flexibility index (Phi) is 12.1. The van der Waals surface area contributed by atoms with Gasteiger partial charge in [-0.25, -0.2) is 4.79 Å². The molecular formula is C20H37NO5. The number of esters is 1. The van der Waals surface area contributed by atoms with Crippen molar-refractivity contribution in [3.63, 3.8) is 0 Å². The highest BCUT2D eigenvalue weighted by atomic mass is 16.9. The van der Waals surface area contributed by atoms with E-state index in [2.05, 4.69) is 6.92 Å². The number of aliphatic hydroxyl groups is 1. The van der Waals surface area contributed by atoms with Crippen LogP contribution in [0.5, 0.6) is 0 Å². The minimum atomic E-state index is -1.20. The number of rotatable bonds is 15. The molecule has 6 nitrogen and oxygen atoms in total. The smallest absolute Gasteiger partial charge is 0.408 e. The zero-order valence-corrected chi connectivity index (χ0v) is 16.6. The maximum Gasteiger partial charge on any atom is 0.408 e. The number of ether oxygens (including phenoxy) is 1. The molecule has 0 saturated carbocycles. The van der Waals surface area contributed by atoms with Crippen LogP contribution in [0, 0.1) is 5.21 Å². The van der Waals surface area contributed by atoms with E-state index in [1.165, 1.54) is 57.8 Å². The summed E-state index contributed by atoms with van der Waals surface area (Å²) in [6, 6.07) is 0. The van der Waals surface area contributed by atoms with E-state index in [-0.39, 0.29) is 17.2 Å². The summed E-state index contributed by atoms with van der Waals surface area (Å²) in [5, 5.41) is 21.7. The first-order valence-corrected chi connectivity index (χ1v) is 10.5. The van der Waals surface area contributed by atoms with E-state index < -0.39 is 18.2 Å². The minimum absolute atomic E-state index is 0.119. The Morgan fingerprint density at radius 2 is 1.50 bits per heavy atom. The summed E-state index contributed by atoms with van der Waals surface area (Å²) in [6.45, 7) is 4.06. The van der Waals surface area contributed by atoms with E-state index in [0.29, 0.717) is 6.42 Å². The number of carbonyl (C=O) groups excluding carboxylic acids is 1. The van der Waals surface area contributed by atoms with E-state index >= 15 is 0 Å². The summed E-state index contributed by atoms with van der Waals surface area (Å²) < 4.78 is 4.77. The molecule has 1 N–H and O–H groups in total. The van der Waals surface area contributed by atoms with Crippen molar-refractivity contribution < 1.29 is 24.4 Å². The van der Waals surface area contributed by atoms with Crippen molar-refractivity contribution >= 4 is 11.7 Å². The van der Waals surface area contributed by atoms with Gasteiger partial charge in [0, 0.05) is 0 Å². The topological polar surface area (TPSA) is 81.8 Å². The largest absolute Gasteiger partial charge is 0.458 e. The van der Waals surface area contributed by atoms with Gasteiger partial charge in [-0.05, 0) is 13.3 Å². The van der Waals surface area contributed by atoms with Gasteiger partial charge in [0.05, 0.1) is 11.5 Å². The summed E-state index contributed by atoms with van der Waals surface area (Å²) in [4.78, 5) is 16.8. The van der Waals surface area contributed by atoms with Crippen molar-refractivity contribution in [2.75, 3.05) is 6.61 Å². The average Bonchev–Trinajstić information content (AvgIpc) is 2.90. The van der Waals surface area contributed by atoms with Crippen molar-refractivity contribution in [2.24, 2.45) is 0 Å². The molecule has 2 atom stereocenters. The second kappa shape index (κ2) is 13.8. The van der Waals surface area contributed by atoms with Crippen molar-refractivity contribution in [2.45, 2.75) is 110 Å². The first-order chi connectivity index (χ1) is 12.6. The molecule has 1 heterocycles. The number of nitrogens with zero attached hydrogens (tertiary/aromatic N) is 1. The average molecular weight is 372 g/mol. The Hall–Kier alpha value is -1.30. The molecule has 6 heteroatoms. The van der Waals surface area contributed by atoms with Crippen LogP contribution >= 0.6 is 0 Å². The second-order valence-electron chi connectivity index (χ2n) is 7.13. The van der Waals surface area contributed by atoms with Crippen LogP contribution in [0.4, 0.5) is 0 Å². The lowest BCUT2D eigenvalue weighted by atomic mass is 10.0. The van der Waals surface area contributed by atoms with Gasteiger partial charge < -0.3 is 14.7 Å². The first kappa shape index (κ1) is 22.7. The fraction of sp³-hybridized carbons (Fsp3) is 0.900. The van der Waals surface area contributed by atoms with Crippen LogP contribution < -0.4 is 0 Å². The fourth-order valence-corrected chi connectivity index (χ4v) is 3.32. The first-order valence-electron chi connectivity index (χ1n) is 10.5. The number of hydrogen-bond donors (Lipinski definition) is 1. The number of unbranched alkanes of at least 4 members (excludes halogenated alkanes) is 11. The Balaban J connectivity index is 2.01. The van der Waals surface area contributed by atoms with Gasteiger partial charge >= 0.3 is 11.7 Å². The van der Waals surface area contributed by atoms with Crippen LogP contribution in [-0.2, 0) is 14.4 Å². The molecule has 1 rings (SSSR count). The van der Waals surface area contributed by atoms with Gasteiger partial charge in [0.25, 0.3) is 0 Å². The molecule has 0 saturated heterocycles. The van der Waals surface area contributed by atoms with Crippen molar-refractivity contribution in [1.82, 2.24) is 0 Å². The van der Waals surface area contributed by atoms with Gasteiger partial charge in [0.2, 0.25) is 0 Å². The van der Waals surface area contributed by atoms with Crippen molar-refractivity contribution in [3.8, 4) is 0 Å². The van der Waals surface area contributed by atoms with Crippen molar-refractivity contribution in [1.29, 1.82) is 0 Å². The van der Waals surface area contributed by atoms with E-state index in [9.17, 15) is 15.1 Å². The summed E-state index contributed by atoms with van der Waals surface area (Å²) in [5.74, 6) is -0.799. The fourth-order valence-electron chi connectivity index (χ4n) is 3.32.